The lowest BCUT2D eigenvalue weighted by molar-refractivity contribution is 1.14. The van der Waals surface area contributed by atoms with Crippen LogP contribution in [0.1, 0.15) is 11.1 Å². The lowest BCUT2D eigenvalue weighted by Gasteiger charge is -2.03. The zero-order chi connectivity index (χ0) is 12.7. The Kier molecular flexibility index (Phi) is 2.71. The fraction of sp³-hybridized carbons (Fsp3) is 0.133. The summed E-state index contributed by atoms with van der Waals surface area (Å²) in [6.45, 7) is 4.18. The Hall–Kier alpha value is -1.61. The van der Waals surface area contributed by atoms with Crippen molar-refractivity contribution in [2.45, 2.75) is 13.8 Å². The maximum Gasteiger partial charge on any atom is 0.145 e. The van der Waals surface area contributed by atoms with Gasteiger partial charge in [0, 0.05) is 11.8 Å². The third-order valence-electron chi connectivity index (χ3n) is 3.05. The van der Waals surface area contributed by atoms with Crippen LogP contribution in [-0.4, -0.2) is 9.38 Å². The third kappa shape index (κ3) is 1.85. The van der Waals surface area contributed by atoms with E-state index in [1.807, 2.05) is 0 Å². The molecule has 90 valence electrons. The van der Waals surface area contributed by atoms with Gasteiger partial charge >= 0.3 is 0 Å². The molecule has 0 unspecified atom stereocenters. The van der Waals surface area contributed by atoms with Crippen LogP contribution in [0, 0.1) is 13.8 Å². The molecule has 2 aromatic heterocycles. The van der Waals surface area contributed by atoms with E-state index in [0.29, 0.717) is 0 Å². The highest BCUT2D eigenvalue weighted by Crippen LogP contribution is 2.26. The molecule has 0 saturated carbocycles. The summed E-state index contributed by atoms with van der Waals surface area (Å²) in [5, 5.41) is 0. The van der Waals surface area contributed by atoms with E-state index in [-0.39, 0.29) is 0 Å². The molecule has 0 radical (unpaired) electrons. The van der Waals surface area contributed by atoms with Crippen molar-refractivity contribution < 1.29 is 0 Å². The summed E-state index contributed by atoms with van der Waals surface area (Å²) in [5.41, 5.74) is 4.71. The molecule has 2 heterocycles. The van der Waals surface area contributed by atoms with Gasteiger partial charge < -0.3 is 0 Å². The number of hydrogen-bond donors (Lipinski definition) is 0. The van der Waals surface area contributed by atoms with Crippen molar-refractivity contribution in [2.75, 3.05) is 0 Å². The number of pyridine rings is 1. The van der Waals surface area contributed by atoms with Crippen LogP contribution < -0.4 is 0 Å². The zero-order valence-corrected chi connectivity index (χ0v) is 11.9. The molecule has 0 aliphatic carbocycles. The van der Waals surface area contributed by atoms with Crippen molar-refractivity contribution in [3.05, 3.63) is 58.3 Å². The molecule has 0 aliphatic heterocycles. The Morgan fingerprint density at radius 2 is 1.61 bits per heavy atom. The second-order valence-electron chi connectivity index (χ2n) is 4.55. The number of aryl methyl sites for hydroxylation is 2. The first-order chi connectivity index (χ1) is 8.65. The molecule has 2 nitrogen and oxygen atoms in total. The van der Waals surface area contributed by atoms with Gasteiger partial charge in [0.15, 0.2) is 0 Å². The highest BCUT2D eigenvalue weighted by Gasteiger charge is 2.10. The molecular formula is C15H13BrN2. The van der Waals surface area contributed by atoms with Gasteiger partial charge in [-0.15, -0.1) is 0 Å². The normalized spacial score (nSPS) is 11.1. The minimum absolute atomic E-state index is 0.887. The second-order valence-corrected chi connectivity index (χ2v) is 5.31. The van der Waals surface area contributed by atoms with Gasteiger partial charge in [0.2, 0.25) is 0 Å². The molecule has 3 heteroatoms. The summed E-state index contributed by atoms with van der Waals surface area (Å²) in [6, 6.07) is 12.6. The van der Waals surface area contributed by atoms with Crippen molar-refractivity contribution in [1.82, 2.24) is 9.38 Å². The van der Waals surface area contributed by atoms with Gasteiger partial charge in [-0.2, -0.15) is 0 Å². The smallest absolute Gasteiger partial charge is 0.145 e. The fourth-order valence-corrected chi connectivity index (χ4v) is 2.55. The lowest BCUT2D eigenvalue weighted by atomic mass is 10.1. The molecule has 0 aliphatic rings. The molecule has 18 heavy (non-hydrogen) atoms. The van der Waals surface area contributed by atoms with E-state index in [1.165, 1.54) is 11.1 Å². The van der Waals surface area contributed by atoms with E-state index in [4.69, 9.17) is 0 Å². The van der Waals surface area contributed by atoms with E-state index >= 15 is 0 Å². The van der Waals surface area contributed by atoms with Crippen molar-refractivity contribution >= 4 is 21.4 Å². The highest BCUT2D eigenvalue weighted by atomic mass is 79.9. The molecule has 3 aromatic rings. The van der Waals surface area contributed by atoms with E-state index < -0.39 is 0 Å². The number of halogens is 1. The average Bonchev–Trinajstić information content (AvgIpc) is 2.67. The molecule has 0 fully saturated rings. The SMILES string of the molecule is Cc1ccc(-c2nc(Br)c3ccc(C)cn23)cc1. The molecule has 0 saturated heterocycles. The predicted molar refractivity (Wildman–Crippen MR) is 77.8 cm³/mol. The van der Waals surface area contributed by atoms with Crippen molar-refractivity contribution in [3.63, 3.8) is 0 Å². The monoisotopic (exact) mass is 300 g/mol. The highest BCUT2D eigenvalue weighted by molar-refractivity contribution is 9.10. The lowest BCUT2D eigenvalue weighted by Crippen LogP contribution is -1.90. The number of aromatic nitrogens is 2. The molecule has 0 N–H and O–H groups in total. The van der Waals surface area contributed by atoms with Crippen molar-refractivity contribution in [3.8, 4) is 11.4 Å². The quantitative estimate of drug-likeness (QED) is 0.652. The third-order valence-corrected chi connectivity index (χ3v) is 3.63. The number of fused-ring (bicyclic) bond motifs is 1. The van der Waals surface area contributed by atoms with Crippen LogP contribution >= 0.6 is 15.9 Å². The van der Waals surface area contributed by atoms with Gasteiger partial charge in [0.05, 0.1) is 5.52 Å². The van der Waals surface area contributed by atoms with Crippen molar-refractivity contribution in [2.24, 2.45) is 0 Å². The number of hydrogen-bond acceptors (Lipinski definition) is 1. The minimum Gasteiger partial charge on any atom is -0.298 e. The summed E-state index contributed by atoms with van der Waals surface area (Å²) >= 11 is 3.52. The average molecular weight is 301 g/mol. The van der Waals surface area contributed by atoms with E-state index in [9.17, 15) is 0 Å². The van der Waals surface area contributed by atoms with Gasteiger partial charge in [0.25, 0.3) is 0 Å². The molecule has 0 bridgehead atoms. The predicted octanol–water partition coefficient (Wildman–Crippen LogP) is 4.38. The van der Waals surface area contributed by atoms with E-state index in [1.54, 1.807) is 0 Å². The largest absolute Gasteiger partial charge is 0.298 e. The Balaban J connectivity index is 2.28. The van der Waals surface area contributed by atoms with Crippen LogP contribution in [0.5, 0.6) is 0 Å². The summed E-state index contributed by atoms with van der Waals surface area (Å²) in [6.07, 6.45) is 2.11. The molecule has 0 amide bonds. The van der Waals surface area contributed by atoms with Crippen LogP contribution in [0.25, 0.3) is 16.9 Å². The number of rotatable bonds is 1. The standard InChI is InChI=1S/C15H13BrN2/c1-10-3-6-12(7-4-10)15-17-14(16)13-8-5-11(2)9-18(13)15/h3-9H,1-2H3. The molecule has 0 spiro atoms. The van der Waals surface area contributed by atoms with Gasteiger partial charge in [0.1, 0.15) is 10.4 Å². The maximum atomic E-state index is 4.61. The summed E-state index contributed by atoms with van der Waals surface area (Å²) in [7, 11) is 0. The number of nitrogens with zero attached hydrogens (tertiary/aromatic N) is 2. The summed E-state index contributed by atoms with van der Waals surface area (Å²) < 4.78 is 3.02. The van der Waals surface area contributed by atoms with Crippen LogP contribution in [0.15, 0.2) is 47.2 Å². The Bertz CT molecular complexity index is 711. The summed E-state index contributed by atoms with van der Waals surface area (Å²) in [5.74, 6) is 0.973. The van der Waals surface area contributed by atoms with Crippen LogP contribution in [0.2, 0.25) is 0 Å². The Morgan fingerprint density at radius 3 is 2.33 bits per heavy atom. The molecule has 0 atom stereocenters. The summed E-state index contributed by atoms with van der Waals surface area (Å²) in [4.78, 5) is 4.61. The molecular weight excluding hydrogens is 288 g/mol. The first-order valence-corrected chi connectivity index (χ1v) is 6.66. The van der Waals surface area contributed by atoms with Crippen molar-refractivity contribution in [1.29, 1.82) is 0 Å². The van der Waals surface area contributed by atoms with E-state index in [2.05, 4.69) is 81.8 Å². The molecule has 1 aromatic carbocycles. The number of benzene rings is 1. The van der Waals surface area contributed by atoms with Gasteiger partial charge in [-0.1, -0.05) is 35.9 Å². The maximum absolute atomic E-state index is 4.61. The Morgan fingerprint density at radius 1 is 0.944 bits per heavy atom. The fourth-order valence-electron chi connectivity index (χ4n) is 2.06. The minimum atomic E-state index is 0.887. The van der Waals surface area contributed by atoms with E-state index in [0.717, 1.165) is 21.5 Å². The van der Waals surface area contributed by atoms with Gasteiger partial charge in [-0.25, -0.2) is 4.98 Å². The van der Waals surface area contributed by atoms with Gasteiger partial charge in [-0.3, -0.25) is 4.40 Å². The second kappa shape index (κ2) is 4.25. The first-order valence-electron chi connectivity index (χ1n) is 5.86. The van der Waals surface area contributed by atoms with Crippen LogP contribution in [0.4, 0.5) is 0 Å². The van der Waals surface area contributed by atoms with Crippen LogP contribution in [0.3, 0.4) is 0 Å². The topological polar surface area (TPSA) is 17.3 Å². The van der Waals surface area contributed by atoms with Gasteiger partial charge in [-0.05, 0) is 41.4 Å². The Labute approximate surface area is 114 Å². The molecule has 3 rings (SSSR count). The van der Waals surface area contributed by atoms with Crippen LogP contribution in [-0.2, 0) is 0 Å². The zero-order valence-electron chi connectivity index (χ0n) is 10.3. The first kappa shape index (κ1) is 11.5. The number of imidazole rings is 1.